The van der Waals surface area contributed by atoms with Crippen LogP contribution in [0.15, 0.2) is 146 Å². The summed E-state index contributed by atoms with van der Waals surface area (Å²) in [5.41, 5.74) is 11.5. The fourth-order valence-electron chi connectivity index (χ4n) is 7.09. The summed E-state index contributed by atoms with van der Waals surface area (Å²) in [7, 11) is 0. The van der Waals surface area contributed by atoms with Crippen LogP contribution in [0, 0.1) is 22.7 Å². The zero-order chi connectivity index (χ0) is 33.6. The normalized spacial score (nSPS) is 11.2. The number of nitrogens with zero attached hydrogens (tertiary/aromatic N) is 6. The molecule has 9 rings (SSSR count). The first-order valence-corrected chi connectivity index (χ1v) is 16.2. The topological polar surface area (TPSA) is 99.1 Å². The third kappa shape index (κ3) is 4.56. The first-order valence-electron chi connectivity index (χ1n) is 16.2. The van der Waals surface area contributed by atoms with Crippen LogP contribution in [0.2, 0.25) is 0 Å². The Morgan fingerprint density at radius 3 is 1.00 bits per heavy atom. The third-order valence-corrected chi connectivity index (χ3v) is 9.39. The Labute approximate surface area is 287 Å². The van der Waals surface area contributed by atoms with Crippen LogP contribution < -0.4 is 0 Å². The van der Waals surface area contributed by atoms with Gasteiger partial charge in [-0.05, 0) is 80.9 Å². The summed E-state index contributed by atoms with van der Waals surface area (Å²) >= 11 is 0. The van der Waals surface area contributed by atoms with Crippen LogP contribution in [-0.4, -0.2) is 19.9 Å². The lowest BCUT2D eigenvalue weighted by molar-refractivity contribution is 1.37. The Morgan fingerprint density at radius 1 is 0.340 bits per heavy atom. The van der Waals surface area contributed by atoms with Crippen molar-refractivity contribution in [1.82, 2.24) is 19.9 Å². The zero-order valence-corrected chi connectivity index (χ0v) is 26.5. The second-order valence-electron chi connectivity index (χ2n) is 12.0. The van der Waals surface area contributed by atoms with Crippen LogP contribution in [0.1, 0.15) is 11.1 Å². The number of hydrogen-bond acceptors (Lipinski definition) is 6. The van der Waals surface area contributed by atoms with E-state index in [2.05, 4.69) is 60.7 Å². The summed E-state index contributed by atoms with van der Waals surface area (Å²) < 4.78 is 0. The van der Waals surface area contributed by atoms with Crippen molar-refractivity contribution >= 4 is 43.6 Å². The van der Waals surface area contributed by atoms with E-state index in [0.717, 1.165) is 88.1 Å². The van der Waals surface area contributed by atoms with Gasteiger partial charge in [-0.1, -0.05) is 84.9 Å². The van der Waals surface area contributed by atoms with Crippen molar-refractivity contribution in [3.05, 3.63) is 157 Å². The number of fused-ring (bicyclic) bond motifs is 6. The summed E-state index contributed by atoms with van der Waals surface area (Å²) in [6, 6.07) is 45.0. The number of pyridine rings is 4. The molecule has 0 unspecified atom stereocenters. The first-order chi connectivity index (χ1) is 24.7. The molecule has 0 saturated heterocycles. The quantitative estimate of drug-likeness (QED) is 0.178. The minimum Gasteiger partial charge on any atom is -0.254 e. The minimum absolute atomic E-state index is 0.305. The van der Waals surface area contributed by atoms with E-state index in [0.29, 0.717) is 11.1 Å². The van der Waals surface area contributed by atoms with E-state index in [1.165, 1.54) is 0 Å². The second kappa shape index (κ2) is 11.8. The summed E-state index contributed by atoms with van der Waals surface area (Å²) in [6.07, 6.45) is 7.22. The molecule has 0 atom stereocenters. The summed E-state index contributed by atoms with van der Waals surface area (Å²) in [4.78, 5) is 19.3. The largest absolute Gasteiger partial charge is 0.254 e. The lowest BCUT2D eigenvalue weighted by atomic mass is 9.87. The molecule has 0 fully saturated rings. The van der Waals surface area contributed by atoms with Crippen molar-refractivity contribution in [1.29, 1.82) is 10.5 Å². The average Bonchev–Trinajstić information content (AvgIpc) is 3.19. The fourth-order valence-corrected chi connectivity index (χ4v) is 7.09. The van der Waals surface area contributed by atoms with Crippen LogP contribution in [0.3, 0.4) is 0 Å². The molecule has 0 radical (unpaired) electrons. The number of nitriles is 2. The molecule has 4 aromatic heterocycles. The van der Waals surface area contributed by atoms with E-state index >= 15 is 0 Å². The Balaban J connectivity index is 1.30. The van der Waals surface area contributed by atoms with Crippen LogP contribution >= 0.6 is 0 Å². The maximum absolute atomic E-state index is 10.1. The molecule has 230 valence electrons. The van der Waals surface area contributed by atoms with Crippen molar-refractivity contribution in [3.8, 4) is 56.6 Å². The highest BCUT2D eigenvalue weighted by Crippen LogP contribution is 2.42. The van der Waals surface area contributed by atoms with Gasteiger partial charge in [0, 0.05) is 46.3 Å². The molecule has 4 heterocycles. The number of benzene rings is 5. The highest BCUT2D eigenvalue weighted by Gasteiger charge is 2.20. The molecule has 6 nitrogen and oxygen atoms in total. The predicted molar refractivity (Wildman–Crippen MR) is 199 cm³/mol. The van der Waals surface area contributed by atoms with E-state index in [1.54, 1.807) is 12.4 Å². The van der Waals surface area contributed by atoms with Crippen LogP contribution in [0.25, 0.3) is 88.1 Å². The maximum Gasteiger partial charge on any atom is 0.101 e. The van der Waals surface area contributed by atoms with Crippen molar-refractivity contribution in [2.45, 2.75) is 0 Å². The molecule has 6 heteroatoms. The van der Waals surface area contributed by atoms with E-state index in [9.17, 15) is 10.5 Å². The van der Waals surface area contributed by atoms with Gasteiger partial charge in [0.1, 0.15) is 12.1 Å². The van der Waals surface area contributed by atoms with Crippen molar-refractivity contribution in [2.24, 2.45) is 0 Å². The molecule has 0 aliphatic rings. The molecule has 0 saturated carbocycles. The van der Waals surface area contributed by atoms with Gasteiger partial charge in [0.15, 0.2) is 0 Å². The van der Waals surface area contributed by atoms with Crippen molar-refractivity contribution in [2.75, 3.05) is 0 Å². The molecule has 0 aliphatic heterocycles. The molecule has 0 aliphatic carbocycles. The highest BCUT2D eigenvalue weighted by molar-refractivity contribution is 6.15. The van der Waals surface area contributed by atoms with Gasteiger partial charge in [-0.3, -0.25) is 19.9 Å². The summed E-state index contributed by atoms with van der Waals surface area (Å²) in [5.74, 6) is 0. The van der Waals surface area contributed by atoms with E-state index in [1.807, 2.05) is 85.2 Å². The summed E-state index contributed by atoms with van der Waals surface area (Å²) in [6.45, 7) is 0. The predicted octanol–water partition coefficient (Wildman–Crippen LogP) is 10.3. The summed E-state index contributed by atoms with van der Waals surface area (Å²) in [5, 5.41) is 24.1. The molecule has 5 aromatic carbocycles. The molecule has 0 spiro atoms. The molecule has 50 heavy (non-hydrogen) atoms. The van der Waals surface area contributed by atoms with Crippen molar-refractivity contribution < 1.29 is 0 Å². The van der Waals surface area contributed by atoms with E-state index in [4.69, 9.17) is 19.9 Å². The van der Waals surface area contributed by atoms with Gasteiger partial charge in [0.2, 0.25) is 0 Å². The molecule has 0 N–H and O–H groups in total. The van der Waals surface area contributed by atoms with Crippen molar-refractivity contribution in [3.63, 3.8) is 0 Å². The van der Waals surface area contributed by atoms with E-state index in [-0.39, 0.29) is 0 Å². The Morgan fingerprint density at radius 2 is 0.660 bits per heavy atom. The second-order valence-corrected chi connectivity index (χ2v) is 12.0. The Kier molecular flexibility index (Phi) is 6.79. The van der Waals surface area contributed by atoms with Crippen LogP contribution in [0.5, 0.6) is 0 Å². The molecule has 9 aromatic rings. The number of hydrogen-bond donors (Lipinski definition) is 0. The van der Waals surface area contributed by atoms with Gasteiger partial charge in [-0.15, -0.1) is 0 Å². The first kappa shape index (κ1) is 28.9. The fraction of sp³-hybridized carbons (Fsp3) is 0. The van der Waals surface area contributed by atoms with Gasteiger partial charge in [-0.2, -0.15) is 10.5 Å². The monoisotopic (exact) mass is 636 g/mol. The standard InChI is InChI=1S/C44H24N6/c45-25-29-23-39(33-17-21-49-43-37(33)13-11-35-31(15-19-47-41(35)43)27-7-3-1-4-8-27)40(24-30(29)26-46)34-18-22-50-44-38(34)14-12-36-32(16-20-48-42(36)44)28-9-5-2-6-10-28/h1-24H. The maximum atomic E-state index is 10.1. The Bertz CT molecular complexity index is 2690. The zero-order valence-electron chi connectivity index (χ0n) is 26.5. The smallest absolute Gasteiger partial charge is 0.101 e. The van der Waals surface area contributed by atoms with Gasteiger partial charge < -0.3 is 0 Å². The molecular weight excluding hydrogens is 613 g/mol. The third-order valence-electron chi connectivity index (χ3n) is 9.39. The van der Waals surface area contributed by atoms with Gasteiger partial charge in [0.05, 0.1) is 33.2 Å². The van der Waals surface area contributed by atoms with Gasteiger partial charge >= 0.3 is 0 Å². The number of rotatable bonds is 4. The minimum atomic E-state index is 0.305. The lowest BCUT2D eigenvalue weighted by Gasteiger charge is -2.17. The molecule has 0 bridgehead atoms. The van der Waals surface area contributed by atoms with Crippen LogP contribution in [0.4, 0.5) is 0 Å². The van der Waals surface area contributed by atoms with E-state index < -0.39 is 0 Å². The SMILES string of the molecule is N#Cc1cc(-c2ccnc3c2ccc2c(-c4ccccc4)ccnc23)c(-c2ccnc3c2ccc2c(-c4ccccc4)ccnc23)cc1C#N. The average molecular weight is 637 g/mol. The Hall–Kier alpha value is -7.28. The van der Waals surface area contributed by atoms with Gasteiger partial charge in [-0.25, -0.2) is 0 Å². The van der Waals surface area contributed by atoms with Crippen LogP contribution in [-0.2, 0) is 0 Å². The molecular formula is C44H24N6. The van der Waals surface area contributed by atoms with Gasteiger partial charge in [0.25, 0.3) is 0 Å². The molecule has 0 amide bonds. The lowest BCUT2D eigenvalue weighted by Crippen LogP contribution is -1.96. The highest BCUT2D eigenvalue weighted by atomic mass is 14.7. The number of aromatic nitrogens is 4.